The van der Waals surface area contributed by atoms with Crippen molar-refractivity contribution in [3.63, 3.8) is 0 Å². The van der Waals surface area contributed by atoms with E-state index in [4.69, 9.17) is 9.47 Å². The average molecular weight is 279 g/mol. The Morgan fingerprint density at radius 1 is 1.50 bits per heavy atom. The molecule has 1 aromatic carbocycles. The van der Waals surface area contributed by atoms with Gasteiger partial charge in [-0.05, 0) is 31.0 Å². The number of nitrogens with zero attached hydrogens (tertiary/aromatic N) is 1. The minimum Gasteiger partial charge on any atom is -0.496 e. The Morgan fingerprint density at radius 3 is 2.95 bits per heavy atom. The van der Waals surface area contributed by atoms with Gasteiger partial charge in [0.05, 0.1) is 25.9 Å². The third-order valence-corrected chi connectivity index (χ3v) is 3.86. The van der Waals surface area contributed by atoms with Crippen LogP contribution < -0.4 is 4.74 Å². The lowest BCUT2D eigenvalue weighted by atomic mass is 10.0. The minimum atomic E-state index is -0.451. The smallest absolute Gasteiger partial charge is 0.123 e. The quantitative estimate of drug-likeness (QED) is 0.898. The number of methoxy groups -OCH3 is 1. The van der Waals surface area contributed by atoms with Gasteiger partial charge in [-0.15, -0.1) is 0 Å². The number of aliphatic hydroxyl groups excluding tert-OH is 1. The fourth-order valence-electron chi connectivity index (χ4n) is 2.59. The van der Waals surface area contributed by atoms with E-state index < -0.39 is 6.10 Å². The molecule has 1 heterocycles. The van der Waals surface area contributed by atoms with E-state index >= 15 is 0 Å². The first kappa shape index (κ1) is 15.3. The predicted octanol–water partition coefficient (Wildman–Crippen LogP) is 2.36. The number of benzene rings is 1. The molecule has 0 spiro atoms. The Bertz CT molecular complexity index is 434. The Hall–Kier alpha value is -1.10. The van der Waals surface area contributed by atoms with Crippen molar-refractivity contribution in [1.82, 2.24) is 4.90 Å². The van der Waals surface area contributed by atoms with Crippen LogP contribution >= 0.6 is 0 Å². The lowest BCUT2D eigenvalue weighted by Crippen LogP contribution is -2.41. The van der Waals surface area contributed by atoms with Crippen molar-refractivity contribution >= 4 is 0 Å². The Balaban J connectivity index is 2.12. The second-order valence-electron chi connectivity index (χ2n) is 5.38. The third kappa shape index (κ3) is 3.72. The van der Waals surface area contributed by atoms with Crippen molar-refractivity contribution in [3.8, 4) is 5.75 Å². The summed E-state index contributed by atoms with van der Waals surface area (Å²) in [5.41, 5.74) is 2.06. The number of morpholine rings is 1. The summed E-state index contributed by atoms with van der Waals surface area (Å²) in [7, 11) is 1.69. The Labute approximate surface area is 121 Å². The van der Waals surface area contributed by atoms with E-state index in [1.165, 1.54) is 0 Å². The van der Waals surface area contributed by atoms with Gasteiger partial charge in [-0.3, -0.25) is 4.90 Å². The molecule has 1 aliphatic heterocycles. The molecule has 20 heavy (non-hydrogen) atoms. The second kappa shape index (κ2) is 7.07. The number of hydrogen-bond donors (Lipinski definition) is 1. The molecular formula is C16H25NO3. The molecule has 0 saturated carbocycles. The van der Waals surface area contributed by atoms with Crippen molar-refractivity contribution < 1.29 is 14.6 Å². The highest BCUT2D eigenvalue weighted by atomic mass is 16.5. The van der Waals surface area contributed by atoms with E-state index in [1.54, 1.807) is 14.0 Å². The van der Waals surface area contributed by atoms with E-state index in [2.05, 4.69) is 11.8 Å². The summed E-state index contributed by atoms with van der Waals surface area (Å²) >= 11 is 0. The first-order valence-electron chi connectivity index (χ1n) is 7.32. The van der Waals surface area contributed by atoms with E-state index in [0.717, 1.165) is 49.5 Å². The van der Waals surface area contributed by atoms with Crippen LogP contribution in [-0.2, 0) is 11.3 Å². The third-order valence-electron chi connectivity index (χ3n) is 3.86. The molecule has 2 atom stereocenters. The van der Waals surface area contributed by atoms with E-state index in [1.807, 2.05) is 18.2 Å². The highest BCUT2D eigenvalue weighted by Gasteiger charge is 2.20. The van der Waals surface area contributed by atoms with Gasteiger partial charge in [0.15, 0.2) is 0 Å². The van der Waals surface area contributed by atoms with Crippen LogP contribution in [0.4, 0.5) is 0 Å². The largest absolute Gasteiger partial charge is 0.496 e. The highest BCUT2D eigenvalue weighted by Crippen LogP contribution is 2.25. The molecule has 112 valence electrons. The molecule has 1 N–H and O–H groups in total. The van der Waals surface area contributed by atoms with Crippen molar-refractivity contribution in [1.29, 1.82) is 0 Å². The van der Waals surface area contributed by atoms with Crippen molar-refractivity contribution in [2.75, 3.05) is 26.8 Å². The highest BCUT2D eigenvalue weighted by molar-refractivity contribution is 5.38. The lowest BCUT2D eigenvalue weighted by Gasteiger charge is -2.32. The number of ether oxygens (including phenoxy) is 2. The van der Waals surface area contributed by atoms with Crippen LogP contribution in [-0.4, -0.2) is 42.9 Å². The summed E-state index contributed by atoms with van der Waals surface area (Å²) in [6.45, 7) is 7.47. The van der Waals surface area contributed by atoms with Gasteiger partial charge < -0.3 is 14.6 Å². The maximum absolute atomic E-state index is 9.72. The molecule has 0 bridgehead atoms. The van der Waals surface area contributed by atoms with Gasteiger partial charge in [-0.25, -0.2) is 0 Å². The van der Waals surface area contributed by atoms with Gasteiger partial charge in [-0.1, -0.05) is 13.0 Å². The molecule has 1 fully saturated rings. The summed E-state index contributed by atoms with van der Waals surface area (Å²) in [4.78, 5) is 2.39. The summed E-state index contributed by atoms with van der Waals surface area (Å²) in [5.74, 6) is 0.883. The summed E-state index contributed by atoms with van der Waals surface area (Å²) in [6.07, 6.45) is 0.920. The van der Waals surface area contributed by atoms with Crippen LogP contribution in [0, 0.1) is 0 Å². The average Bonchev–Trinajstić information content (AvgIpc) is 2.47. The van der Waals surface area contributed by atoms with Crippen molar-refractivity contribution in [2.45, 2.75) is 39.0 Å². The molecule has 0 aliphatic carbocycles. The standard InChI is InChI=1S/C16H25NO3/c1-4-15-11-17(7-8-20-15)10-14-9-13(12(2)18)5-6-16(14)19-3/h5-6,9,12,15,18H,4,7-8,10-11H2,1-3H3. The zero-order chi connectivity index (χ0) is 14.5. The van der Waals surface area contributed by atoms with Gasteiger partial charge >= 0.3 is 0 Å². The summed E-state index contributed by atoms with van der Waals surface area (Å²) < 4.78 is 11.1. The SMILES string of the molecule is CCC1CN(Cc2cc(C(C)O)ccc2OC)CCO1. The lowest BCUT2D eigenvalue weighted by molar-refractivity contribution is -0.0326. The summed E-state index contributed by atoms with van der Waals surface area (Å²) in [5, 5.41) is 9.72. The maximum Gasteiger partial charge on any atom is 0.123 e. The van der Waals surface area contributed by atoms with Gasteiger partial charge in [0.2, 0.25) is 0 Å². The van der Waals surface area contributed by atoms with Crippen molar-refractivity contribution in [2.24, 2.45) is 0 Å². The predicted molar refractivity (Wildman–Crippen MR) is 78.9 cm³/mol. The van der Waals surface area contributed by atoms with Crippen LogP contribution in [0.3, 0.4) is 0 Å². The monoisotopic (exact) mass is 279 g/mol. The topological polar surface area (TPSA) is 41.9 Å². The molecule has 1 saturated heterocycles. The van der Waals surface area contributed by atoms with Crippen molar-refractivity contribution in [3.05, 3.63) is 29.3 Å². The van der Waals surface area contributed by atoms with E-state index in [0.29, 0.717) is 6.10 Å². The normalized spacial score (nSPS) is 21.7. The first-order chi connectivity index (χ1) is 9.63. The zero-order valence-corrected chi connectivity index (χ0v) is 12.6. The fourth-order valence-corrected chi connectivity index (χ4v) is 2.59. The number of hydrogen-bond acceptors (Lipinski definition) is 4. The first-order valence-corrected chi connectivity index (χ1v) is 7.32. The Morgan fingerprint density at radius 2 is 2.30 bits per heavy atom. The molecule has 4 heteroatoms. The molecule has 1 aromatic rings. The van der Waals surface area contributed by atoms with E-state index in [9.17, 15) is 5.11 Å². The van der Waals surface area contributed by atoms with Crippen LogP contribution in [0.5, 0.6) is 5.75 Å². The molecule has 2 unspecified atom stereocenters. The second-order valence-corrected chi connectivity index (χ2v) is 5.38. The van der Waals surface area contributed by atoms with Crippen LogP contribution in [0.2, 0.25) is 0 Å². The summed E-state index contributed by atoms with van der Waals surface area (Å²) in [6, 6.07) is 5.90. The molecule has 0 aromatic heterocycles. The van der Waals surface area contributed by atoms with Gasteiger partial charge in [-0.2, -0.15) is 0 Å². The zero-order valence-electron chi connectivity index (χ0n) is 12.6. The molecule has 2 rings (SSSR count). The molecular weight excluding hydrogens is 254 g/mol. The van der Waals surface area contributed by atoms with Crippen LogP contribution in [0.15, 0.2) is 18.2 Å². The molecule has 0 amide bonds. The number of aliphatic hydroxyl groups is 1. The Kier molecular flexibility index (Phi) is 5.40. The van der Waals surface area contributed by atoms with Crippen LogP contribution in [0.1, 0.15) is 37.5 Å². The fraction of sp³-hybridized carbons (Fsp3) is 0.625. The van der Waals surface area contributed by atoms with Gasteiger partial charge in [0.1, 0.15) is 5.75 Å². The molecule has 4 nitrogen and oxygen atoms in total. The molecule has 1 aliphatic rings. The van der Waals surface area contributed by atoms with Crippen LogP contribution in [0.25, 0.3) is 0 Å². The van der Waals surface area contributed by atoms with Gasteiger partial charge in [0.25, 0.3) is 0 Å². The number of rotatable bonds is 5. The van der Waals surface area contributed by atoms with E-state index in [-0.39, 0.29) is 0 Å². The molecule has 0 radical (unpaired) electrons. The minimum absolute atomic E-state index is 0.328. The maximum atomic E-state index is 9.72. The van der Waals surface area contributed by atoms with Gasteiger partial charge in [0, 0.05) is 25.2 Å².